The minimum absolute atomic E-state index is 0.111. The highest BCUT2D eigenvalue weighted by Gasteiger charge is 2.29. The summed E-state index contributed by atoms with van der Waals surface area (Å²) in [5, 5.41) is 0. The van der Waals surface area contributed by atoms with Crippen molar-refractivity contribution in [2.75, 3.05) is 7.11 Å². The van der Waals surface area contributed by atoms with Gasteiger partial charge in [-0.05, 0) is 30.7 Å². The van der Waals surface area contributed by atoms with Crippen LogP contribution in [0.15, 0.2) is 36.4 Å². The second kappa shape index (κ2) is 5.67. The van der Waals surface area contributed by atoms with Crippen molar-refractivity contribution in [3.05, 3.63) is 53.3 Å². The molecule has 1 heterocycles. The average Bonchev–Trinajstić information content (AvgIpc) is 2.51. The molecule has 22 heavy (non-hydrogen) atoms. The van der Waals surface area contributed by atoms with Crippen LogP contribution in [-0.2, 0) is 16.1 Å². The van der Waals surface area contributed by atoms with Crippen LogP contribution in [0, 0.1) is 5.82 Å². The van der Waals surface area contributed by atoms with E-state index in [1.165, 1.54) is 19.2 Å². The molecule has 1 aliphatic rings. The van der Waals surface area contributed by atoms with E-state index in [2.05, 4.69) is 0 Å². The molecule has 4 nitrogen and oxygen atoms in total. The van der Waals surface area contributed by atoms with Gasteiger partial charge in [-0.2, -0.15) is 0 Å². The number of carbonyl (C=O) groups excluding carboxylic acids is 1. The highest BCUT2D eigenvalue weighted by atomic mass is 19.1. The first-order chi connectivity index (χ1) is 10.6. The Bertz CT molecular complexity index is 727. The largest absolute Gasteiger partial charge is 0.493 e. The van der Waals surface area contributed by atoms with Gasteiger partial charge in [0.15, 0.2) is 11.5 Å². The minimum Gasteiger partial charge on any atom is -0.493 e. The van der Waals surface area contributed by atoms with Crippen molar-refractivity contribution >= 4 is 5.97 Å². The third-order valence-corrected chi connectivity index (χ3v) is 3.68. The molecule has 0 bridgehead atoms. The number of esters is 1. The van der Waals surface area contributed by atoms with Gasteiger partial charge < -0.3 is 14.2 Å². The molecule has 1 unspecified atom stereocenters. The number of hydrogen-bond acceptors (Lipinski definition) is 4. The quantitative estimate of drug-likeness (QED) is 0.809. The fraction of sp³-hybridized carbons (Fsp3) is 0.235. The number of fused-ring (bicyclic) bond motifs is 1. The fourth-order valence-corrected chi connectivity index (χ4v) is 2.49. The number of benzene rings is 2. The Morgan fingerprint density at radius 2 is 2.09 bits per heavy atom. The Kier molecular flexibility index (Phi) is 3.71. The summed E-state index contributed by atoms with van der Waals surface area (Å²) in [6.45, 7) is 1.89. The molecule has 0 aromatic heterocycles. The lowest BCUT2D eigenvalue weighted by Gasteiger charge is -2.25. The number of halogens is 1. The molecule has 0 N–H and O–H groups in total. The van der Waals surface area contributed by atoms with Crippen molar-refractivity contribution in [3.8, 4) is 17.2 Å². The van der Waals surface area contributed by atoms with Crippen molar-refractivity contribution in [2.45, 2.75) is 19.4 Å². The van der Waals surface area contributed by atoms with E-state index in [1.54, 1.807) is 25.1 Å². The van der Waals surface area contributed by atoms with E-state index in [1.807, 2.05) is 6.07 Å². The van der Waals surface area contributed by atoms with Crippen LogP contribution in [0.2, 0.25) is 0 Å². The van der Waals surface area contributed by atoms with Gasteiger partial charge in [-0.3, -0.25) is 4.79 Å². The van der Waals surface area contributed by atoms with Crippen LogP contribution >= 0.6 is 0 Å². The van der Waals surface area contributed by atoms with Crippen LogP contribution in [-0.4, -0.2) is 13.1 Å². The first-order valence-electron chi connectivity index (χ1n) is 6.90. The van der Waals surface area contributed by atoms with E-state index >= 15 is 0 Å². The Balaban J connectivity index is 2.07. The third kappa shape index (κ3) is 2.50. The molecule has 3 rings (SSSR count). The van der Waals surface area contributed by atoms with E-state index in [9.17, 15) is 9.18 Å². The van der Waals surface area contributed by atoms with Crippen molar-refractivity contribution < 1.29 is 23.4 Å². The van der Waals surface area contributed by atoms with E-state index < -0.39 is 0 Å². The third-order valence-electron chi connectivity index (χ3n) is 3.68. The summed E-state index contributed by atoms with van der Waals surface area (Å²) in [5.74, 6) is 0.286. The molecule has 5 heteroatoms. The Hall–Kier alpha value is -2.56. The van der Waals surface area contributed by atoms with Crippen LogP contribution in [0.1, 0.15) is 24.0 Å². The first-order valence-corrected chi connectivity index (χ1v) is 6.90. The maximum Gasteiger partial charge on any atom is 0.313 e. The van der Waals surface area contributed by atoms with E-state index in [-0.39, 0.29) is 24.3 Å². The van der Waals surface area contributed by atoms with Gasteiger partial charge in [0.2, 0.25) is 0 Å². The monoisotopic (exact) mass is 302 g/mol. The number of cyclic esters (lactones) is 1. The van der Waals surface area contributed by atoms with Gasteiger partial charge in [-0.25, -0.2) is 4.39 Å². The summed E-state index contributed by atoms with van der Waals surface area (Å²) in [4.78, 5) is 11.7. The van der Waals surface area contributed by atoms with Crippen LogP contribution in [0.5, 0.6) is 17.2 Å². The fourth-order valence-electron chi connectivity index (χ4n) is 2.49. The number of rotatable bonds is 3. The molecule has 0 aliphatic carbocycles. The summed E-state index contributed by atoms with van der Waals surface area (Å²) in [5.41, 5.74) is 1.58. The minimum atomic E-state index is -0.388. The van der Waals surface area contributed by atoms with E-state index in [0.29, 0.717) is 17.2 Å². The van der Waals surface area contributed by atoms with Crippen LogP contribution in [0.4, 0.5) is 4.39 Å². The van der Waals surface area contributed by atoms with Gasteiger partial charge in [-0.15, -0.1) is 0 Å². The summed E-state index contributed by atoms with van der Waals surface area (Å²) in [7, 11) is 1.53. The molecule has 0 spiro atoms. The van der Waals surface area contributed by atoms with Gasteiger partial charge in [0.05, 0.1) is 13.0 Å². The zero-order valence-electron chi connectivity index (χ0n) is 12.3. The second-order valence-corrected chi connectivity index (χ2v) is 5.05. The summed E-state index contributed by atoms with van der Waals surface area (Å²) in [6, 6.07) is 9.42. The van der Waals surface area contributed by atoms with Crippen molar-refractivity contribution in [2.24, 2.45) is 0 Å². The topological polar surface area (TPSA) is 44.8 Å². The average molecular weight is 302 g/mol. The summed E-state index contributed by atoms with van der Waals surface area (Å²) >= 11 is 0. The molecule has 0 radical (unpaired) electrons. The Morgan fingerprint density at radius 3 is 2.82 bits per heavy atom. The highest BCUT2D eigenvalue weighted by Crippen LogP contribution is 2.42. The van der Waals surface area contributed by atoms with Gasteiger partial charge in [0, 0.05) is 11.6 Å². The van der Waals surface area contributed by atoms with Gasteiger partial charge >= 0.3 is 5.97 Å². The number of carbonyl (C=O) groups is 1. The summed E-state index contributed by atoms with van der Waals surface area (Å²) in [6.07, 6.45) is 0. The normalized spacial score (nSPS) is 16.7. The van der Waals surface area contributed by atoms with Crippen LogP contribution < -0.4 is 9.47 Å². The smallest absolute Gasteiger partial charge is 0.313 e. The van der Waals surface area contributed by atoms with E-state index in [0.717, 1.165) is 11.1 Å². The zero-order chi connectivity index (χ0) is 15.7. The van der Waals surface area contributed by atoms with Crippen molar-refractivity contribution in [1.29, 1.82) is 0 Å². The lowest BCUT2D eigenvalue weighted by atomic mass is 9.93. The van der Waals surface area contributed by atoms with Crippen LogP contribution in [0.25, 0.3) is 0 Å². The molecule has 114 valence electrons. The molecule has 1 aliphatic heterocycles. The number of methoxy groups -OCH3 is 1. The lowest BCUT2D eigenvalue weighted by molar-refractivity contribution is -0.147. The maximum atomic E-state index is 13.3. The SMILES string of the molecule is COc1ccc2c(c1Oc1cccc(F)c1)COC(=O)C2C. The summed E-state index contributed by atoms with van der Waals surface area (Å²) < 4.78 is 29.6. The molecular weight excluding hydrogens is 287 g/mol. The van der Waals surface area contributed by atoms with E-state index in [4.69, 9.17) is 14.2 Å². The molecule has 0 saturated heterocycles. The maximum absolute atomic E-state index is 13.3. The number of ether oxygens (including phenoxy) is 3. The second-order valence-electron chi connectivity index (χ2n) is 5.05. The first kappa shape index (κ1) is 14.4. The van der Waals surface area contributed by atoms with Gasteiger partial charge in [0.1, 0.15) is 18.2 Å². The lowest BCUT2D eigenvalue weighted by Crippen LogP contribution is -2.21. The Morgan fingerprint density at radius 1 is 1.27 bits per heavy atom. The Labute approximate surface area is 127 Å². The predicted octanol–water partition coefficient (Wildman–Crippen LogP) is 3.79. The van der Waals surface area contributed by atoms with Crippen LogP contribution in [0.3, 0.4) is 0 Å². The molecular formula is C17H15FO4. The molecule has 0 fully saturated rings. The molecule has 0 saturated carbocycles. The standard InChI is InChI=1S/C17H15FO4/c1-10-13-6-7-15(20-2)16(14(13)9-21-17(10)19)22-12-5-3-4-11(18)8-12/h3-8,10H,9H2,1-2H3. The van der Waals surface area contributed by atoms with Gasteiger partial charge in [0.25, 0.3) is 0 Å². The molecule has 2 aromatic carbocycles. The zero-order valence-corrected chi connectivity index (χ0v) is 12.3. The van der Waals surface area contributed by atoms with Gasteiger partial charge in [-0.1, -0.05) is 12.1 Å². The molecule has 1 atom stereocenters. The van der Waals surface area contributed by atoms with Crippen molar-refractivity contribution in [1.82, 2.24) is 0 Å². The molecule has 2 aromatic rings. The van der Waals surface area contributed by atoms with Crippen molar-refractivity contribution in [3.63, 3.8) is 0 Å². The molecule has 0 amide bonds. The highest BCUT2D eigenvalue weighted by molar-refractivity contribution is 5.80. The number of hydrogen-bond donors (Lipinski definition) is 0. The predicted molar refractivity (Wildman–Crippen MR) is 77.7 cm³/mol.